The first-order chi connectivity index (χ1) is 12.2. The molecule has 2 unspecified atom stereocenters. The van der Waals surface area contributed by atoms with E-state index in [2.05, 4.69) is 16.4 Å². The third kappa shape index (κ3) is 4.92. The van der Waals surface area contributed by atoms with Crippen molar-refractivity contribution in [1.82, 2.24) is 4.98 Å². The number of nitrogens with one attached hydrogen (secondary N) is 1. The molecule has 0 saturated heterocycles. The lowest BCUT2D eigenvalue weighted by Gasteiger charge is -2.25. The van der Waals surface area contributed by atoms with Crippen LogP contribution in [0.1, 0.15) is 31.2 Å². The highest BCUT2D eigenvalue weighted by Gasteiger charge is 2.25. The summed E-state index contributed by atoms with van der Waals surface area (Å²) in [5.41, 5.74) is 9.10. The molecule has 4 rings (SSSR count). The van der Waals surface area contributed by atoms with Gasteiger partial charge in [0.05, 0.1) is 12.3 Å². The molecule has 1 aromatic carbocycles. The van der Waals surface area contributed by atoms with Crippen LogP contribution in [-0.2, 0) is 11.2 Å². The van der Waals surface area contributed by atoms with E-state index in [-0.39, 0.29) is 42.7 Å². The molecule has 3 N–H and O–H groups in total. The number of nitrogens with zero attached hydrogens (tertiary/aromatic N) is 1. The van der Waals surface area contributed by atoms with Crippen LogP contribution >= 0.6 is 24.8 Å². The Balaban J connectivity index is 0.00000131. The molecule has 5 nitrogen and oxygen atoms in total. The highest BCUT2D eigenvalue weighted by Crippen LogP contribution is 2.30. The molecule has 2 aliphatic rings. The highest BCUT2D eigenvalue weighted by molar-refractivity contribution is 5.92. The molecule has 2 atom stereocenters. The van der Waals surface area contributed by atoms with Crippen molar-refractivity contribution in [2.45, 2.75) is 38.1 Å². The average Bonchev–Trinajstić information content (AvgIpc) is 3.09. The number of aromatic nitrogens is 1. The molecular weight excluding hydrogens is 385 g/mol. The van der Waals surface area contributed by atoms with Crippen LogP contribution in [0.3, 0.4) is 0 Å². The average molecular weight is 410 g/mol. The number of benzene rings is 1. The van der Waals surface area contributed by atoms with E-state index in [4.69, 9.17) is 10.5 Å². The predicted octanol–water partition coefficient (Wildman–Crippen LogP) is 3.98. The molecule has 1 fully saturated rings. The van der Waals surface area contributed by atoms with Crippen molar-refractivity contribution in [2.75, 3.05) is 11.9 Å². The smallest absolute Gasteiger partial charge is 0.228 e. The van der Waals surface area contributed by atoms with Gasteiger partial charge in [-0.05, 0) is 55.2 Å². The number of pyridine rings is 1. The van der Waals surface area contributed by atoms with Gasteiger partial charge in [0.2, 0.25) is 5.91 Å². The Morgan fingerprint density at radius 2 is 2.04 bits per heavy atom. The summed E-state index contributed by atoms with van der Waals surface area (Å²) in [6.45, 7) is 0.742. The van der Waals surface area contributed by atoms with E-state index in [9.17, 15) is 4.79 Å². The second kappa shape index (κ2) is 9.40. The molecule has 0 spiro atoms. The molecule has 0 bridgehead atoms. The summed E-state index contributed by atoms with van der Waals surface area (Å²) in [4.78, 5) is 17.1. The van der Waals surface area contributed by atoms with E-state index in [0.29, 0.717) is 5.82 Å². The molecular formula is C20H25Cl2N3O2. The van der Waals surface area contributed by atoms with E-state index in [1.807, 2.05) is 30.3 Å². The summed E-state index contributed by atoms with van der Waals surface area (Å²) in [6.07, 6.45) is 4.63. The monoisotopic (exact) mass is 409 g/mol. The summed E-state index contributed by atoms with van der Waals surface area (Å²) in [6, 6.07) is 12.0. The van der Waals surface area contributed by atoms with Crippen molar-refractivity contribution in [3.05, 3.63) is 42.0 Å². The largest absolute Gasteiger partial charge is 0.493 e. The Labute approximate surface area is 171 Å². The van der Waals surface area contributed by atoms with Crippen molar-refractivity contribution < 1.29 is 9.53 Å². The van der Waals surface area contributed by atoms with E-state index < -0.39 is 0 Å². The van der Waals surface area contributed by atoms with Crippen LogP contribution < -0.4 is 15.8 Å². The summed E-state index contributed by atoms with van der Waals surface area (Å²) < 4.78 is 5.55. The number of hydrogen-bond acceptors (Lipinski definition) is 4. The molecule has 2 heterocycles. The molecule has 1 aliphatic carbocycles. The first-order valence-corrected chi connectivity index (χ1v) is 8.98. The molecule has 2 aromatic rings. The van der Waals surface area contributed by atoms with E-state index in [1.54, 1.807) is 0 Å². The number of carbonyl (C=O) groups is 1. The summed E-state index contributed by atoms with van der Waals surface area (Å²) in [7, 11) is 0. The minimum atomic E-state index is -0.00801. The minimum Gasteiger partial charge on any atom is -0.493 e. The number of halogens is 2. The van der Waals surface area contributed by atoms with Crippen LogP contribution in [0.4, 0.5) is 5.82 Å². The Kier molecular flexibility index (Phi) is 7.48. The van der Waals surface area contributed by atoms with E-state index in [1.165, 1.54) is 5.56 Å². The zero-order chi connectivity index (χ0) is 17.2. The maximum Gasteiger partial charge on any atom is 0.228 e. The number of nitrogens with two attached hydrogens (primary N) is 1. The van der Waals surface area contributed by atoms with Crippen molar-refractivity contribution >= 4 is 36.5 Å². The van der Waals surface area contributed by atoms with Gasteiger partial charge >= 0.3 is 0 Å². The van der Waals surface area contributed by atoms with Gasteiger partial charge in [-0.25, -0.2) is 4.98 Å². The van der Waals surface area contributed by atoms with Gasteiger partial charge in [-0.15, -0.1) is 24.8 Å². The first-order valence-electron chi connectivity index (χ1n) is 8.98. The standard InChI is InChI=1S/C20H23N3O2.2ClH/c21-16-4-1-3-15(12-16)20(24)23-19-6-2-5-17(22-19)13-7-8-18-14(11-13)9-10-25-18;;/h2,5-8,11,15-16H,1,3-4,9-10,12,21H2,(H,22,23,24);2*1H. The Morgan fingerprint density at radius 1 is 1.19 bits per heavy atom. The third-order valence-electron chi connectivity index (χ3n) is 5.07. The fourth-order valence-corrected chi connectivity index (χ4v) is 3.71. The molecule has 1 saturated carbocycles. The zero-order valence-electron chi connectivity index (χ0n) is 15.0. The highest BCUT2D eigenvalue weighted by atomic mass is 35.5. The lowest BCUT2D eigenvalue weighted by Crippen LogP contribution is -2.34. The van der Waals surface area contributed by atoms with Crippen LogP contribution in [0, 0.1) is 5.92 Å². The molecule has 0 radical (unpaired) electrons. The van der Waals surface area contributed by atoms with Gasteiger partial charge in [-0.2, -0.15) is 0 Å². The van der Waals surface area contributed by atoms with Gasteiger partial charge in [-0.1, -0.05) is 12.5 Å². The van der Waals surface area contributed by atoms with Crippen molar-refractivity contribution in [2.24, 2.45) is 11.7 Å². The Hall–Kier alpha value is -1.82. The molecule has 1 amide bonds. The molecule has 27 heavy (non-hydrogen) atoms. The lowest BCUT2D eigenvalue weighted by molar-refractivity contribution is -0.120. The first kappa shape index (κ1) is 21.5. The van der Waals surface area contributed by atoms with Gasteiger partial charge in [0, 0.05) is 23.9 Å². The normalized spacial score (nSPS) is 20.5. The van der Waals surface area contributed by atoms with Crippen molar-refractivity contribution in [1.29, 1.82) is 0 Å². The van der Waals surface area contributed by atoms with Gasteiger partial charge in [0.15, 0.2) is 0 Å². The van der Waals surface area contributed by atoms with Crippen LogP contribution in [0.2, 0.25) is 0 Å². The summed E-state index contributed by atoms with van der Waals surface area (Å²) in [5, 5.41) is 2.96. The second-order valence-corrected chi connectivity index (χ2v) is 6.94. The molecule has 146 valence electrons. The second-order valence-electron chi connectivity index (χ2n) is 6.94. The Morgan fingerprint density at radius 3 is 2.85 bits per heavy atom. The number of anilines is 1. The number of amides is 1. The van der Waals surface area contributed by atoms with Crippen molar-refractivity contribution in [3.63, 3.8) is 0 Å². The fraction of sp³-hybridized carbons (Fsp3) is 0.400. The number of ether oxygens (including phenoxy) is 1. The van der Waals surface area contributed by atoms with Crippen molar-refractivity contribution in [3.8, 4) is 17.0 Å². The number of carbonyl (C=O) groups excluding carboxylic acids is 1. The number of fused-ring (bicyclic) bond motifs is 1. The third-order valence-corrected chi connectivity index (χ3v) is 5.07. The maximum absolute atomic E-state index is 12.5. The number of rotatable bonds is 3. The molecule has 7 heteroatoms. The summed E-state index contributed by atoms with van der Waals surface area (Å²) >= 11 is 0. The number of hydrogen-bond donors (Lipinski definition) is 2. The quantitative estimate of drug-likeness (QED) is 0.803. The summed E-state index contributed by atoms with van der Waals surface area (Å²) in [5.74, 6) is 1.58. The van der Waals surface area contributed by atoms with Crippen LogP contribution in [0.15, 0.2) is 36.4 Å². The van der Waals surface area contributed by atoms with Crippen LogP contribution in [-0.4, -0.2) is 23.5 Å². The Bertz CT molecular complexity index is 801. The molecule has 1 aromatic heterocycles. The van der Waals surface area contributed by atoms with Crippen LogP contribution in [0.5, 0.6) is 5.75 Å². The SMILES string of the molecule is Cl.Cl.NC1CCCC(C(=O)Nc2cccc(-c3ccc4c(c3)CCO4)n2)C1. The topological polar surface area (TPSA) is 77.2 Å². The van der Waals surface area contributed by atoms with Gasteiger partial charge < -0.3 is 15.8 Å². The van der Waals surface area contributed by atoms with Gasteiger partial charge in [-0.3, -0.25) is 4.79 Å². The minimum absolute atomic E-state index is 0. The maximum atomic E-state index is 12.5. The van der Waals surface area contributed by atoms with E-state index in [0.717, 1.165) is 55.7 Å². The predicted molar refractivity (Wildman–Crippen MR) is 112 cm³/mol. The fourth-order valence-electron chi connectivity index (χ4n) is 3.71. The van der Waals surface area contributed by atoms with Crippen LogP contribution in [0.25, 0.3) is 11.3 Å². The zero-order valence-corrected chi connectivity index (χ0v) is 16.7. The van der Waals surface area contributed by atoms with E-state index >= 15 is 0 Å². The van der Waals surface area contributed by atoms with Gasteiger partial charge in [0.25, 0.3) is 0 Å². The molecule has 1 aliphatic heterocycles. The lowest BCUT2D eigenvalue weighted by atomic mass is 9.85. The van der Waals surface area contributed by atoms with Gasteiger partial charge in [0.1, 0.15) is 11.6 Å².